The van der Waals surface area contributed by atoms with Crippen molar-refractivity contribution in [2.75, 3.05) is 12.4 Å². The number of carboxylic acid groups (broad SMARTS) is 1. The van der Waals surface area contributed by atoms with Crippen LogP contribution in [0.4, 0.5) is 5.69 Å². The Hall–Kier alpha value is -2.06. The van der Waals surface area contributed by atoms with E-state index in [0.717, 1.165) is 0 Å². The zero-order valence-electron chi connectivity index (χ0n) is 13.1. The molecule has 2 aromatic rings. The molecule has 136 valence electrons. The van der Waals surface area contributed by atoms with Crippen LogP contribution in [0.3, 0.4) is 0 Å². The Labute approximate surface area is 169 Å². The van der Waals surface area contributed by atoms with Gasteiger partial charge in [0.1, 0.15) is 5.75 Å². The largest absolute Gasteiger partial charge is 0.494 e. The predicted molar refractivity (Wildman–Crippen MR) is 105 cm³/mol. The number of methoxy groups -OCH3 is 1. The third-order valence-electron chi connectivity index (χ3n) is 3.14. The van der Waals surface area contributed by atoms with E-state index < -0.39 is 11.9 Å². The Kier molecular flexibility index (Phi) is 6.66. The molecule has 6 nitrogen and oxygen atoms in total. The van der Waals surface area contributed by atoms with Crippen molar-refractivity contribution < 1.29 is 19.4 Å². The highest BCUT2D eigenvalue weighted by Gasteiger charge is 2.19. The minimum atomic E-state index is -1.20. The Morgan fingerprint density at radius 2 is 1.73 bits per heavy atom. The van der Waals surface area contributed by atoms with E-state index >= 15 is 0 Å². The van der Waals surface area contributed by atoms with E-state index in [1.165, 1.54) is 37.4 Å². The minimum Gasteiger partial charge on any atom is -0.494 e. The first-order valence-electron chi connectivity index (χ1n) is 6.91. The lowest BCUT2D eigenvalue weighted by molar-refractivity contribution is 0.0697. The van der Waals surface area contributed by atoms with Crippen molar-refractivity contribution in [3.63, 3.8) is 0 Å². The van der Waals surface area contributed by atoms with Crippen LogP contribution < -0.4 is 15.4 Å². The molecule has 0 radical (unpaired) electrons. The van der Waals surface area contributed by atoms with Crippen LogP contribution in [0.2, 0.25) is 15.1 Å². The lowest BCUT2D eigenvalue weighted by Crippen LogP contribution is -2.34. The number of amides is 1. The van der Waals surface area contributed by atoms with Gasteiger partial charge in [-0.15, -0.1) is 0 Å². The number of carboxylic acids is 1. The standard InChI is InChI=1S/C16H11Cl3N2O4S/c1-25-13-10(5-8(18)6-11(13)19)14(22)21-16(26)20-12-3-2-7(17)4-9(12)15(23)24/h2-6H,1H3,(H,23,24)(H2,20,21,22,26). The molecule has 3 N–H and O–H groups in total. The summed E-state index contributed by atoms with van der Waals surface area (Å²) in [4.78, 5) is 23.7. The first-order chi connectivity index (χ1) is 12.2. The van der Waals surface area contributed by atoms with Crippen LogP contribution in [-0.4, -0.2) is 29.2 Å². The van der Waals surface area contributed by atoms with Crippen molar-refractivity contribution in [2.24, 2.45) is 0 Å². The van der Waals surface area contributed by atoms with E-state index in [1.807, 2.05) is 0 Å². The third-order valence-corrected chi connectivity index (χ3v) is 4.08. The lowest BCUT2D eigenvalue weighted by Gasteiger charge is -2.14. The van der Waals surface area contributed by atoms with E-state index in [2.05, 4.69) is 10.6 Å². The zero-order valence-corrected chi connectivity index (χ0v) is 16.2. The Morgan fingerprint density at radius 1 is 1.08 bits per heavy atom. The summed E-state index contributed by atoms with van der Waals surface area (Å²) in [5, 5.41) is 14.8. The Bertz CT molecular complexity index is 905. The number of carbonyl (C=O) groups excluding carboxylic acids is 1. The van der Waals surface area contributed by atoms with Crippen LogP contribution in [0.15, 0.2) is 30.3 Å². The van der Waals surface area contributed by atoms with Crippen molar-refractivity contribution in [3.8, 4) is 5.75 Å². The summed E-state index contributed by atoms with van der Waals surface area (Å²) in [5.74, 6) is -1.70. The smallest absolute Gasteiger partial charge is 0.337 e. The second kappa shape index (κ2) is 8.55. The number of rotatable bonds is 4. The summed E-state index contributed by atoms with van der Waals surface area (Å²) in [7, 11) is 1.36. The van der Waals surface area contributed by atoms with Gasteiger partial charge in [-0.1, -0.05) is 34.8 Å². The van der Waals surface area contributed by atoms with Gasteiger partial charge in [0.15, 0.2) is 5.11 Å². The lowest BCUT2D eigenvalue weighted by atomic mass is 10.1. The van der Waals surface area contributed by atoms with Crippen LogP contribution in [0.5, 0.6) is 5.75 Å². The first kappa shape index (κ1) is 20.3. The van der Waals surface area contributed by atoms with Gasteiger partial charge in [-0.2, -0.15) is 0 Å². The molecule has 0 heterocycles. The maximum absolute atomic E-state index is 12.4. The highest BCUT2D eigenvalue weighted by molar-refractivity contribution is 7.80. The minimum absolute atomic E-state index is 0.0729. The van der Waals surface area contributed by atoms with E-state index in [-0.39, 0.29) is 42.7 Å². The molecular weight excluding hydrogens is 423 g/mol. The number of halogens is 3. The fourth-order valence-corrected chi connectivity index (χ4v) is 3.01. The molecule has 0 aliphatic rings. The normalized spacial score (nSPS) is 10.2. The second-order valence-corrected chi connectivity index (χ2v) is 6.56. The van der Waals surface area contributed by atoms with Crippen LogP contribution >= 0.6 is 47.0 Å². The van der Waals surface area contributed by atoms with E-state index in [9.17, 15) is 14.7 Å². The quantitative estimate of drug-likeness (QED) is 0.616. The van der Waals surface area contributed by atoms with Gasteiger partial charge in [0.25, 0.3) is 5.91 Å². The van der Waals surface area contributed by atoms with Crippen LogP contribution in [0, 0.1) is 0 Å². The molecule has 0 spiro atoms. The highest BCUT2D eigenvalue weighted by Crippen LogP contribution is 2.32. The maximum Gasteiger partial charge on any atom is 0.337 e. The number of thiocarbonyl (C=S) groups is 1. The zero-order chi connectivity index (χ0) is 19.4. The number of nitrogens with one attached hydrogen (secondary N) is 2. The number of aromatic carboxylic acids is 1. The number of hydrogen-bond acceptors (Lipinski definition) is 4. The number of carbonyl (C=O) groups is 2. The first-order valence-corrected chi connectivity index (χ1v) is 8.45. The molecule has 0 aromatic heterocycles. The molecule has 2 rings (SSSR count). The number of hydrogen-bond donors (Lipinski definition) is 3. The second-order valence-electron chi connectivity index (χ2n) is 4.87. The van der Waals surface area contributed by atoms with Crippen molar-refractivity contribution in [1.82, 2.24) is 5.32 Å². The topological polar surface area (TPSA) is 87.7 Å². The molecule has 10 heteroatoms. The molecule has 0 fully saturated rings. The van der Waals surface area contributed by atoms with E-state index in [0.29, 0.717) is 0 Å². The van der Waals surface area contributed by atoms with Crippen LogP contribution in [0.25, 0.3) is 0 Å². The van der Waals surface area contributed by atoms with Crippen molar-refractivity contribution in [3.05, 3.63) is 56.5 Å². The molecule has 0 saturated heterocycles. The monoisotopic (exact) mass is 432 g/mol. The molecule has 2 aromatic carbocycles. The fourth-order valence-electron chi connectivity index (χ4n) is 2.06. The maximum atomic E-state index is 12.4. The number of benzene rings is 2. The van der Waals surface area contributed by atoms with Crippen molar-refractivity contribution >= 4 is 69.7 Å². The van der Waals surface area contributed by atoms with Gasteiger partial charge in [-0.25, -0.2) is 4.79 Å². The third kappa shape index (κ3) is 4.76. The summed E-state index contributed by atoms with van der Waals surface area (Å²) >= 11 is 22.8. The molecule has 0 bridgehead atoms. The summed E-state index contributed by atoms with van der Waals surface area (Å²) in [5.41, 5.74) is 0.143. The highest BCUT2D eigenvalue weighted by atomic mass is 35.5. The van der Waals surface area contributed by atoms with E-state index in [1.54, 1.807) is 0 Å². The summed E-state index contributed by atoms with van der Waals surface area (Å²) in [6, 6.07) is 6.98. The van der Waals surface area contributed by atoms with Gasteiger partial charge in [-0.3, -0.25) is 10.1 Å². The fraction of sp³-hybridized carbons (Fsp3) is 0.0625. The summed E-state index contributed by atoms with van der Waals surface area (Å²) in [6.45, 7) is 0. The Morgan fingerprint density at radius 3 is 2.35 bits per heavy atom. The van der Waals surface area contributed by atoms with Gasteiger partial charge in [0.2, 0.25) is 0 Å². The molecule has 26 heavy (non-hydrogen) atoms. The number of anilines is 1. The van der Waals surface area contributed by atoms with Crippen LogP contribution in [-0.2, 0) is 0 Å². The van der Waals surface area contributed by atoms with Gasteiger partial charge in [0.05, 0.1) is 28.9 Å². The van der Waals surface area contributed by atoms with Crippen molar-refractivity contribution in [2.45, 2.75) is 0 Å². The SMILES string of the molecule is COc1c(Cl)cc(Cl)cc1C(=O)NC(=S)Nc1ccc(Cl)cc1C(=O)O. The van der Waals surface area contributed by atoms with Gasteiger partial charge >= 0.3 is 5.97 Å². The molecule has 1 amide bonds. The molecule has 0 aliphatic carbocycles. The average molecular weight is 434 g/mol. The van der Waals surface area contributed by atoms with E-state index in [4.69, 9.17) is 51.8 Å². The Balaban J connectivity index is 2.22. The molecular formula is C16H11Cl3N2O4S. The van der Waals surface area contributed by atoms with Gasteiger partial charge < -0.3 is 15.2 Å². The summed E-state index contributed by atoms with van der Waals surface area (Å²) in [6.07, 6.45) is 0. The van der Waals surface area contributed by atoms with Gasteiger partial charge in [-0.05, 0) is 42.5 Å². The predicted octanol–water partition coefficient (Wildman–Crippen LogP) is 4.48. The van der Waals surface area contributed by atoms with Crippen LogP contribution in [0.1, 0.15) is 20.7 Å². The van der Waals surface area contributed by atoms with Gasteiger partial charge in [0, 0.05) is 10.0 Å². The molecule has 0 aliphatic heterocycles. The molecule has 0 saturated carbocycles. The molecule has 0 unspecified atom stereocenters. The molecule has 0 atom stereocenters. The van der Waals surface area contributed by atoms with Crippen molar-refractivity contribution in [1.29, 1.82) is 0 Å². The average Bonchev–Trinajstić information content (AvgIpc) is 2.55. The number of ether oxygens (including phenoxy) is 1. The summed E-state index contributed by atoms with van der Waals surface area (Å²) < 4.78 is 5.11.